The zero-order chi connectivity index (χ0) is 34.2. The molecule has 3 aromatic rings. The molecule has 13 heteroatoms. The van der Waals surface area contributed by atoms with E-state index in [1.807, 2.05) is 32.0 Å². The molecule has 268 valence electrons. The maximum atomic E-state index is 11.8. The van der Waals surface area contributed by atoms with Crippen LogP contribution in [0.5, 0.6) is 17.2 Å². The molecule has 0 aliphatic rings. The van der Waals surface area contributed by atoms with Gasteiger partial charge in [0.25, 0.3) is 0 Å². The lowest BCUT2D eigenvalue weighted by Crippen LogP contribution is -2.41. The predicted molar refractivity (Wildman–Crippen MR) is 191 cm³/mol. The van der Waals surface area contributed by atoms with Gasteiger partial charge in [-0.3, -0.25) is 0 Å². The van der Waals surface area contributed by atoms with Gasteiger partial charge in [0, 0.05) is 23.7 Å². The summed E-state index contributed by atoms with van der Waals surface area (Å²) >= 11 is 4.95. The van der Waals surface area contributed by atoms with E-state index in [4.69, 9.17) is 42.0 Å². The highest BCUT2D eigenvalue weighted by atomic mass is 35.5. The number of amides is 2. The van der Waals surface area contributed by atoms with Gasteiger partial charge < -0.3 is 45.8 Å². The number of carbonyl (C=O) groups excluding carboxylic acids is 3. The average molecular weight is 693 g/mol. The van der Waals surface area contributed by atoms with E-state index in [1.54, 1.807) is 86.6 Å². The standard InChI is InChI=1S/C20H24N2O5.C7H5ClO2.C6H16N2O.2CH4/c1-15(21-19(23)26-17-9-5-3-6-10-17)13-25-14-16(2)22-20(24)27-18-11-7-4-8-12-18;8-7(9)10-6-4-2-1-3-5-6;1-5(7)3-9-4-6(2)8;;/h3-12,15-16H,13-14H2,1-2H3,(H,21,23)(H,22,24);1-5H;5-6H,3-4,7-8H2,1-2H3;2*1H4. The summed E-state index contributed by atoms with van der Waals surface area (Å²) < 4.78 is 25.5. The highest BCUT2D eigenvalue weighted by Crippen LogP contribution is 2.10. The topological polar surface area (TPSA) is 173 Å². The van der Waals surface area contributed by atoms with Gasteiger partial charge in [0.1, 0.15) is 17.2 Å². The van der Waals surface area contributed by atoms with E-state index < -0.39 is 17.6 Å². The molecule has 2 amide bonds. The van der Waals surface area contributed by atoms with Gasteiger partial charge >= 0.3 is 17.6 Å². The molecule has 6 N–H and O–H groups in total. The summed E-state index contributed by atoms with van der Waals surface area (Å²) in [6.45, 7) is 9.17. The first-order chi connectivity index (χ1) is 21.9. The van der Waals surface area contributed by atoms with Crippen molar-refractivity contribution in [3.05, 3.63) is 91.0 Å². The number of ether oxygens (including phenoxy) is 5. The summed E-state index contributed by atoms with van der Waals surface area (Å²) in [6.07, 6.45) is -1.09. The van der Waals surface area contributed by atoms with Crippen molar-refractivity contribution in [2.75, 3.05) is 26.4 Å². The molecule has 48 heavy (non-hydrogen) atoms. The van der Waals surface area contributed by atoms with Crippen LogP contribution in [-0.2, 0) is 9.47 Å². The molecule has 0 aromatic heterocycles. The number of benzene rings is 3. The van der Waals surface area contributed by atoms with E-state index in [-0.39, 0.29) is 52.2 Å². The van der Waals surface area contributed by atoms with Gasteiger partial charge in [-0.05, 0) is 64.1 Å². The highest BCUT2D eigenvalue weighted by molar-refractivity contribution is 6.61. The van der Waals surface area contributed by atoms with Gasteiger partial charge in [-0.2, -0.15) is 0 Å². The third kappa shape index (κ3) is 25.9. The summed E-state index contributed by atoms with van der Waals surface area (Å²) in [5.41, 5.74) is 10.0. The van der Waals surface area contributed by atoms with Crippen LogP contribution < -0.4 is 36.3 Å². The number of nitrogens with one attached hydrogen (secondary N) is 2. The van der Waals surface area contributed by atoms with Crippen molar-refractivity contribution in [3.63, 3.8) is 0 Å². The second kappa shape index (κ2) is 27.9. The summed E-state index contributed by atoms with van der Waals surface area (Å²) in [5, 5.41) is 5.35. The molecule has 4 atom stereocenters. The number of halogens is 1. The summed E-state index contributed by atoms with van der Waals surface area (Å²) in [5.74, 6) is 1.40. The van der Waals surface area contributed by atoms with Crippen molar-refractivity contribution in [2.24, 2.45) is 11.5 Å². The van der Waals surface area contributed by atoms with Crippen LogP contribution in [0.1, 0.15) is 42.5 Å². The van der Waals surface area contributed by atoms with Crippen LogP contribution in [0.15, 0.2) is 91.0 Å². The fourth-order valence-electron chi connectivity index (χ4n) is 3.18. The first kappa shape index (κ1) is 45.9. The van der Waals surface area contributed by atoms with Gasteiger partial charge in [-0.25, -0.2) is 14.4 Å². The lowest BCUT2D eigenvalue weighted by molar-refractivity contribution is 0.0971. The maximum Gasteiger partial charge on any atom is 0.412 e. The Labute approximate surface area is 290 Å². The van der Waals surface area contributed by atoms with Gasteiger partial charge in [-0.1, -0.05) is 69.5 Å². The molecule has 4 unspecified atom stereocenters. The van der Waals surface area contributed by atoms with E-state index in [0.29, 0.717) is 30.5 Å². The van der Waals surface area contributed by atoms with Crippen LogP contribution >= 0.6 is 11.6 Å². The molecule has 3 rings (SSSR count). The number of rotatable bonds is 13. The molecule has 0 aliphatic carbocycles. The molecule has 0 saturated heterocycles. The molecular weight excluding hydrogens is 640 g/mol. The highest BCUT2D eigenvalue weighted by Gasteiger charge is 2.12. The van der Waals surface area contributed by atoms with Crippen LogP contribution in [0.4, 0.5) is 14.4 Å². The Bertz CT molecular complexity index is 1170. The Kier molecular flexibility index (Phi) is 26.7. The van der Waals surface area contributed by atoms with E-state index in [0.717, 1.165) is 0 Å². The average Bonchev–Trinajstić information content (AvgIpc) is 2.98. The fourth-order valence-corrected chi connectivity index (χ4v) is 3.27. The number of nitrogens with two attached hydrogens (primary N) is 2. The Morgan fingerprint density at radius 1 is 0.562 bits per heavy atom. The number of hydrogen-bond acceptors (Lipinski definition) is 10. The van der Waals surface area contributed by atoms with Crippen molar-refractivity contribution >= 4 is 29.2 Å². The van der Waals surface area contributed by atoms with Crippen molar-refractivity contribution in [1.82, 2.24) is 10.6 Å². The zero-order valence-corrected chi connectivity index (χ0v) is 27.4. The lowest BCUT2D eigenvalue weighted by atomic mass is 10.3. The van der Waals surface area contributed by atoms with Gasteiger partial charge in [-0.15, -0.1) is 0 Å². The first-order valence-electron chi connectivity index (χ1n) is 14.6. The van der Waals surface area contributed by atoms with Crippen LogP contribution in [0, 0.1) is 0 Å². The Morgan fingerprint density at radius 3 is 1.15 bits per heavy atom. The smallest absolute Gasteiger partial charge is 0.412 e. The number of carbonyl (C=O) groups is 3. The summed E-state index contributed by atoms with van der Waals surface area (Å²) in [6, 6.07) is 26.0. The van der Waals surface area contributed by atoms with Crippen LogP contribution in [0.2, 0.25) is 0 Å². The molecule has 0 bridgehead atoms. The normalized spacial score (nSPS) is 12.1. The predicted octanol–water partition coefficient (Wildman–Crippen LogP) is 6.75. The minimum absolute atomic E-state index is 0. The zero-order valence-electron chi connectivity index (χ0n) is 26.6. The largest absolute Gasteiger partial charge is 0.415 e. The van der Waals surface area contributed by atoms with Crippen molar-refractivity contribution in [2.45, 2.75) is 66.7 Å². The molecule has 0 fully saturated rings. The molecular formula is C35H53ClN4O8. The van der Waals surface area contributed by atoms with E-state index >= 15 is 0 Å². The van der Waals surface area contributed by atoms with Crippen molar-refractivity contribution in [3.8, 4) is 17.2 Å². The minimum atomic E-state index is -0.814. The number of hydrogen-bond donors (Lipinski definition) is 4. The Hall–Kier alpha value is -4.20. The minimum Gasteiger partial charge on any atom is -0.415 e. The summed E-state index contributed by atoms with van der Waals surface area (Å²) in [7, 11) is 0. The van der Waals surface area contributed by atoms with E-state index in [2.05, 4.69) is 15.4 Å². The fraction of sp³-hybridized carbons (Fsp3) is 0.400. The monoisotopic (exact) mass is 692 g/mol. The van der Waals surface area contributed by atoms with Crippen molar-refractivity contribution < 1.29 is 38.1 Å². The number of para-hydroxylation sites is 3. The molecule has 0 saturated carbocycles. The van der Waals surface area contributed by atoms with E-state index in [9.17, 15) is 14.4 Å². The van der Waals surface area contributed by atoms with Gasteiger partial charge in [0.2, 0.25) is 0 Å². The third-order valence-corrected chi connectivity index (χ3v) is 5.15. The van der Waals surface area contributed by atoms with Gasteiger partial charge in [0.05, 0.1) is 38.5 Å². The quantitative estimate of drug-likeness (QED) is 0.140. The second-order valence-electron chi connectivity index (χ2n) is 10.2. The van der Waals surface area contributed by atoms with Crippen LogP contribution in [0.3, 0.4) is 0 Å². The van der Waals surface area contributed by atoms with E-state index in [1.165, 1.54) is 0 Å². The van der Waals surface area contributed by atoms with Crippen LogP contribution in [-0.4, -0.2) is 68.2 Å². The van der Waals surface area contributed by atoms with Crippen LogP contribution in [0.25, 0.3) is 0 Å². The first-order valence-corrected chi connectivity index (χ1v) is 15.0. The molecule has 0 heterocycles. The SMILES string of the molecule is C.C.CC(COCC(C)NC(=O)Oc1ccccc1)NC(=O)Oc1ccccc1.CC(N)COCC(C)N.O=C(Cl)Oc1ccccc1. The summed E-state index contributed by atoms with van der Waals surface area (Å²) in [4.78, 5) is 33.7. The Balaban J connectivity index is 0. The molecule has 3 aromatic carbocycles. The molecule has 12 nitrogen and oxygen atoms in total. The maximum absolute atomic E-state index is 11.8. The molecule has 0 spiro atoms. The second-order valence-corrected chi connectivity index (χ2v) is 10.5. The molecule has 0 radical (unpaired) electrons. The molecule has 0 aliphatic heterocycles. The van der Waals surface area contributed by atoms with Crippen molar-refractivity contribution in [1.29, 1.82) is 0 Å². The third-order valence-electron chi connectivity index (χ3n) is 5.07. The van der Waals surface area contributed by atoms with Gasteiger partial charge in [0.15, 0.2) is 0 Å². The lowest BCUT2D eigenvalue weighted by Gasteiger charge is -2.17. The Morgan fingerprint density at radius 2 is 0.854 bits per heavy atom.